The Balaban J connectivity index is 1.80. The molecule has 1 aromatic rings. The molecule has 3 heteroatoms. The fourth-order valence-corrected chi connectivity index (χ4v) is 3.09. The van der Waals surface area contributed by atoms with Gasteiger partial charge in [0.1, 0.15) is 0 Å². The number of aromatic nitrogens is 1. The Morgan fingerprint density at radius 1 is 1.42 bits per heavy atom. The lowest BCUT2D eigenvalue weighted by molar-refractivity contribution is 0.137. The summed E-state index contributed by atoms with van der Waals surface area (Å²) < 4.78 is 0. The summed E-state index contributed by atoms with van der Waals surface area (Å²) in [6.07, 6.45) is 7.53. The SMILES string of the molecule is CCNC1CCN(CCc2cccnc2)CC1CC. The third-order valence-electron chi connectivity index (χ3n) is 4.25. The molecule has 2 atom stereocenters. The summed E-state index contributed by atoms with van der Waals surface area (Å²) in [5.41, 5.74) is 1.35. The zero-order valence-electron chi connectivity index (χ0n) is 12.3. The van der Waals surface area contributed by atoms with Gasteiger partial charge in [-0.1, -0.05) is 26.3 Å². The molecule has 0 aromatic carbocycles. The molecule has 3 nitrogen and oxygen atoms in total. The zero-order valence-corrected chi connectivity index (χ0v) is 12.3. The van der Waals surface area contributed by atoms with Gasteiger partial charge in [0, 0.05) is 31.5 Å². The monoisotopic (exact) mass is 261 g/mol. The molecule has 0 aliphatic carbocycles. The predicted molar refractivity (Wildman–Crippen MR) is 80.2 cm³/mol. The summed E-state index contributed by atoms with van der Waals surface area (Å²) in [4.78, 5) is 6.81. The van der Waals surface area contributed by atoms with Crippen LogP contribution in [0.5, 0.6) is 0 Å². The first-order valence-corrected chi connectivity index (χ1v) is 7.68. The van der Waals surface area contributed by atoms with E-state index in [9.17, 15) is 0 Å². The van der Waals surface area contributed by atoms with Crippen LogP contribution in [-0.4, -0.2) is 42.1 Å². The quantitative estimate of drug-likeness (QED) is 0.852. The van der Waals surface area contributed by atoms with Gasteiger partial charge < -0.3 is 10.2 Å². The van der Waals surface area contributed by atoms with E-state index >= 15 is 0 Å². The number of nitrogens with zero attached hydrogens (tertiary/aromatic N) is 2. The maximum Gasteiger partial charge on any atom is 0.0300 e. The largest absolute Gasteiger partial charge is 0.314 e. The number of likely N-dealkylation sites (tertiary alicyclic amines) is 1. The number of rotatable bonds is 6. The van der Waals surface area contributed by atoms with Crippen molar-refractivity contribution in [1.29, 1.82) is 0 Å². The highest BCUT2D eigenvalue weighted by Gasteiger charge is 2.26. The Morgan fingerprint density at radius 2 is 2.32 bits per heavy atom. The summed E-state index contributed by atoms with van der Waals surface area (Å²) in [5, 5.41) is 3.64. The van der Waals surface area contributed by atoms with E-state index in [1.54, 1.807) is 0 Å². The average molecular weight is 261 g/mol. The smallest absolute Gasteiger partial charge is 0.0300 e. The normalized spacial score (nSPS) is 24.5. The highest BCUT2D eigenvalue weighted by molar-refractivity contribution is 5.08. The molecule has 0 bridgehead atoms. The minimum atomic E-state index is 0.727. The van der Waals surface area contributed by atoms with Crippen LogP contribution < -0.4 is 5.32 Å². The second-order valence-corrected chi connectivity index (χ2v) is 5.53. The number of pyridine rings is 1. The summed E-state index contributed by atoms with van der Waals surface area (Å²) in [5.74, 6) is 0.808. The molecule has 2 unspecified atom stereocenters. The van der Waals surface area contributed by atoms with Gasteiger partial charge in [-0.05, 0) is 43.5 Å². The van der Waals surface area contributed by atoms with Crippen molar-refractivity contribution in [1.82, 2.24) is 15.2 Å². The van der Waals surface area contributed by atoms with Crippen molar-refractivity contribution in [2.24, 2.45) is 5.92 Å². The number of hydrogen-bond acceptors (Lipinski definition) is 3. The van der Waals surface area contributed by atoms with Crippen LogP contribution in [-0.2, 0) is 6.42 Å². The first-order valence-electron chi connectivity index (χ1n) is 7.68. The van der Waals surface area contributed by atoms with Crippen molar-refractivity contribution in [2.75, 3.05) is 26.2 Å². The summed E-state index contributed by atoms with van der Waals surface area (Å²) in [6, 6.07) is 4.93. The summed E-state index contributed by atoms with van der Waals surface area (Å²) in [6.45, 7) is 9.27. The Labute approximate surface area is 117 Å². The Hall–Kier alpha value is -0.930. The fraction of sp³-hybridized carbons (Fsp3) is 0.688. The second-order valence-electron chi connectivity index (χ2n) is 5.53. The molecule has 0 radical (unpaired) electrons. The maximum absolute atomic E-state index is 4.19. The molecule has 1 N–H and O–H groups in total. The van der Waals surface area contributed by atoms with Gasteiger partial charge in [0.25, 0.3) is 0 Å². The Bertz CT molecular complexity index is 352. The van der Waals surface area contributed by atoms with Gasteiger partial charge in [-0.3, -0.25) is 4.98 Å². The molecular formula is C16H27N3. The molecule has 1 fully saturated rings. The lowest BCUT2D eigenvalue weighted by atomic mass is 9.89. The molecule has 2 rings (SSSR count). The molecule has 0 amide bonds. The molecule has 1 aromatic heterocycles. The van der Waals surface area contributed by atoms with Gasteiger partial charge in [0.2, 0.25) is 0 Å². The first kappa shape index (κ1) is 14.5. The van der Waals surface area contributed by atoms with E-state index in [1.165, 1.54) is 38.0 Å². The van der Waals surface area contributed by atoms with E-state index in [0.717, 1.165) is 24.9 Å². The lowest BCUT2D eigenvalue weighted by Crippen LogP contribution is -2.49. The van der Waals surface area contributed by atoms with Crippen molar-refractivity contribution in [3.05, 3.63) is 30.1 Å². The molecule has 19 heavy (non-hydrogen) atoms. The number of hydrogen-bond donors (Lipinski definition) is 1. The summed E-state index contributed by atoms with van der Waals surface area (Å²) >= 11 is 0. The van der Waals surface area contributed by atoms with Crippen molar-refractivity contribution < 1.29 is 0 Å². The van der Waals surface area contributed by atoms with Crippen LogP contribution in [0.1, 0.15) is 32.3 Å². The molecular weight excluding hydrogens is 234 g/mol. The van der Waals surface area contributed by atoms with Crippen LogP contribution in [0, 0.1) is 5.92 Å². The third kappa shape index (κ3) is 4.29. The van der Waals surface area contributed by atoms with E-state index in [1.807, 2.05) is 18.5 Å². The number of nitrogens with one attached hydrogen (secondary N) is 1. The Morgan fingerprint density at radius 3 is 3.00 bits per heavy atom. The highest BCUT2D eigenvalue weighted by atomic mass is 15.1. The van der Waals surface area contributed by atoms with E-state index in [2.05, 4.69) is 35.1 Å². The van der Waals surface area contributed by atoms with Crippen LogP contribution in [0.3, 0.4) is 0 Å². The van der Waals surface area contributed by atoms with Gasteiger partial charge in [-0.15, -0.1) is 0 Å². The van der Waals surface area contributed by atoms with Gasteiger partial charge in [0.05, 0.1) is 0 Å². The van der Waals surface area contributed by atoms with Gasteiger partial charge in [-0.2, -0.15) is 0 Å². The van der Waals surface area contributed by atoms with Crippen molar-refractivity contribution in [2.45, 2.75) is 39.2 Å². The van der Waals surface area contributed by atoms with Gasteiger partial charge in [-0.25, -0.2) is 0 Å². The van der Waals surface area contributed by atoms with Crippen LogP contribution in [0.2, 0.25) is 0 Å². The molecule has 1 saturated heterocycles. The van der Waals surface area contributed by atoms with E-state index in [4.69, 9.17) is 0 Å². The lowest BCUT2D eigenvalue weighted by Gasteiger charge is -2.38. The predicted octanol–water partition coefficient (Wildman–Crippen LogP) is 2.33. The van der Waals surface area contributed by atoms with Gasteiger partial charge in [0.15, 0.2) is 0 Å². The second kappa shape index (κ2) is 7.61. The van der Waals surface area contributed by atoms with Crippen molar-refractivity contribution in [3.8, 4) is 0 Å². The van der Waals surface area contributed by atoms with E-state index in [-0.39, 0.29) is 0 Å². The highest BCUT2D eigenvalue weighted by Crippen LogP contribution is 2.20. The molecule has 106 valence electrons. The number of piperidine rings is 1. The topological polar surface area (TPSA) is 28.2 Å². The van der Waals surface area contributed by atoms with E-state index in [0.29, 0.717) is 0 Å². The summed E-state index contributed by atoms with van der Waals surface area (Å²) in [7, 11) is 0. The fourth-order valence-electron chi connectivity index (χ4n) is 3.09. The van der Waals surface area contributed by atoms with Crippen molar-refractivity contribution >= 4 is 0 Å². The van der Waals surface area contributed by atoms with E-state index < -0.39 is 0 Å². The van der Waals surface area contributed by atoms with Crippen LogP contribution in [0.15, 0.2) is 24.5 Å². The van der Waals surface area contributed by atoms with Gasteiger partial charge >= 0.3 is 0 Å². The average Bonchev–Trinajstić information content (AvgIpc) is 2.47. The maximum atomic E-state index is 4.19. The third-order valence-corrected chi connectivity index (χ3v) is 4.25. The molecule has 1 aliphatic heterocycles. The Kier molecular flexibility index (Phi) is 5.80. The minimum absolute atomic E-state index is 0.727. The molecule has 0 saturated carbocycles. The van der Waals surface area contributed by atoms with Crippen molar-refractivity contribution in [3.63, 3.8) is 0 Å². The molecule has 2 heterocycles. The molecule has 1 aliphatic rings. The zero-order chi connectivity index (χ0) is 13.5. The van der Waals surface area contributed by atoms with Crippen LogP contribution in [0.25, 0.3) is 0 Å². The minimum Gasteiger partial charge on any atom is -0.314 e. The molecule has 0 spiro atoms. The first-order chi connectivity index (χ1) is 9.33. The standard InChI is InChI=1S/C16H27N3/c1-3-15-13-19(11-8-16(15)18-4-2)10-7-14-6-5-9-17-12-14/h5-6,9,12,15-16,18H,3-4,7-8,10-11,13H2,1-2H3. The van der Waals surface area contributed by atoms with Crippen LogP contribution in [0.4, 0.5) is 0 Å². The van der Waals surface area contributed by atoms with Crippen LogP contribution >= 0.6 is 0 Å².